The fraction of sp³-hybridized carbons (Fsp3) is 0.900. The van der Waals surface area contributed by atoms with Crippen molar-refractivity contribution in [2.45, 2.75) is 44.7 Å². The maximum atomic E-state index is 6.20. The van der Waals surface area contributed by atoms with Gasteiger partial charge in [-0.15, -0.1) is 0 Å². The molecule has 0 aliphatic carbocycles. The van der Waals surface area contributed by atoms with Gasteiger partial charge in [-0.2, -0.15) is 10.9 Å². The third kappa shape index (κ3) is 1.50. The van der Waals surface area contributed by atoms with E-state index in [4.69, 9.17) is 5.84 Å². The lowest BCUT2D eigenvalue weighted by Crippen LogP contribution is -2.61. The predicted molar refractivity (Wildman–Crippen MR) is 57.7 cm³/mol. The number of hydrazine groups is 1. The van der Waals surface area contributed by atoms with Crippen molar-refractivity contribution in [3.8, 4) is 0 Å². The molecule has 0 aromatic rings. The molecule has 0 aromatic heterocycles. The number of nitrogens with two attached hydrogens (primary N) is 1. The zero-order valence-electron chi connectivity index (χ0n) is 9.10. The van der Waals surface area contributed by atoms with Gasteiger partial charge in [0.05, 0.1) is 6.54 Å². The molecule has 0 saturated carbocycles. The minimum atomic E-state index is 0.322. The van der Waals surface area contributed by atoms with E-state index < -0.39 is 0 Å². The van der Waals surface area contributed by atoms with Crippen molar-refractivity contribution in [2.24, 2.45) is 5.84 Å². The van der Waals surface area contributed by atoms with Crippen molar-refractivity contribution < 1.29 is 4.68 Å². The van der Waals surface area contributed by atoms with E-state index in [0.717, 1.165) is 25.9 Å². The normalized spacial score (nSPS) is 32.1. The second-order valence-electron chi connectivity index (χ2n) is 4.63. The summed E-state index contributed by atoms with van der Waals surface area (Å²) in [5.74, 6) is 7.42. The smallest absolute Gasteiger partial charge is 0.258 e. The van der Waals surface area contributed by atoms with E-state index in [1.54, 1.807) is 0 Å². The summed E-state index contributed by atoms with van der Waals surface area (Å²) in [6.45, 7) is 2.09. The highest BCUT2D eigenvalue weighted by Crippen LogP contribution is 2.28. The second-order valence-corrected chi connectivity index (χ2v) is 4.63. The van der Waals surface area contributed by atoms with Crippen LogP contribution in [0.1, 0.15) is 38.5 Å². The third-order valence-corrected chi connectivity index (χ3v) is 3.60. The number of piperidine rings is 1. The molecule has 1 saturated heterocycles. The molecule has 1 unspecified atom stereocenters. The largest absolute Gasteiger partial charge is 0.458 e. The summed E-state index contributed by atoms with van der Waals surface area (Å²) in [4.78, 5) is 0. The minimum Gasteiger partial charge on any atom is -0.458 e. The van der Waals surface area contributed by atoms with Gasteiger partial charge < -0.3 is 15.2 Å². The summed E-state index contributed by atoms with van der Waals surface area (Å²) in [5.41, 5.74) is 4.68. The van der Waals surface area contributed by atoms with Crippen LogP contribution < -0.4 is 5.84 Å². The first-order chi connectivity index (χ1) is 7.36. The first-order valence-electron chi connectivity index (χ1n) is 6.02. The first kappa shape index (κ1) is 9.42. The summed E-state index contributed by atoms with van der Waals surface area (Å²) in [6, 6.07) is 0. The van der Waals surface area contributed by atoms with Crippen molar-refractivity contribution in [1.82, 2.24) is 10.0 Å². The molecule has 3 aliphatic rings. The van der Waals surface area contributed by atoms with Crippen LogP contribution in [0.4, 0.5) is 0 Å². The molecule has 5 heteroatoms. The van der Waals surface area contributed by atoms with E-state index in [1.165, 1.54) is 31.5 Å². The predicted octanol–water partition coefficient (Wildman–Crippen LogP) is 0.786. The lowest BCUT2D eigenvalue weighted by Gasteiger charge is -2.51. The lowest BCUT2D eigenvalue weighted by atomic mass is 10.1. The van der Waals surface area contributed by atoms with E-state index in [2.05, 4.69) is 15.2 Å². The average molecular weight is 209 g/mol. The molecule has 2 N–H and O–H groups in total. The second kappa shape index (κ2) is 3.64. The number of nitrogens with zero attached hydrogens (tertiary/aromatic N) is 4. The molecule has 3 rings (SSSR count). The molecule has 84 valence electrons. The van der Waals surface area contributed by atoms with Crippen LogP contribution in [0.2, 0.25) is 0 Å². The quantitative estimate of drug-likeness (QED) is 0.474. The maximum absolute atomic E-state index is 6.20. The minimum absolute atomic E-state index is 0.322. The Balaban J connectivity index is 1.87. The molecule has 1 atom stereocenters. The topological polar surface area (TPSA) is 49.6 Å². The van der Waals surface area contributed by atoms with Gasteiger partial charge in [-0.25, -0.2) is 0 Å². The van der Waals surface area contributed by atoms with Crippen molar-refractivity contribution in [1.29, 1.82) is 0 Å². The van der Waals surface area contributed by atoms with E-state index in [9.17, 15) is 0 Å². The number of hydrogen-bond acceptors (Lipinski definition) is 3. The van der Waals surface area contributed by atoms with Crippen LogP contribution in [0.15, 0.2) is 0 Å². The van der Waals surface area contributed by atoms with Crippen molar-refractivity contribution in [2.75, 3.05) is 13.1 Å². The van der Waals surface area contributed by atoms with E-state index in [-0.39, 0.29) is 0 Å². The molecule has 3 aliphatic heterocycles. The van der Waals surface area contributed by atoms with E-state index in [0.29, 0.717) is 6.17 Å². The van der Waals surface area contributed by atoms with Crippen molar-refractivity contribution in [3.63, 3.8) is 0 Å². The first-order valence-corrected chi connectivity index (χ1v) is 6.02. The molecule has 0 spiro atoms. The highest BCUT2D eigenvalue weighted by atomic mass is 15.8. The van der Waals surface area contributed by atoms with E-state index in [1.807, 2.05) is 5.01 Å². The molecule has 5 nitrogen and oxygen atoms in total. The Morgan fingerprint density at radius 1 is 1.27 bits per heavy atom. The van der Waals surface area contributed by atoms with Gasteiger partial charge >= 0.3 is 0 Å². The molecule has 0 bridgehead atoms. The molecule has 3 heterocycles. The van der Waals surface area contributed by atoms with Crippen LogP contribution in [-0.4, -0.2) is 39.8 Å². The molecule has 0 amide bonds. The monoisotopic (exact) mass is 209 g/mol. The Kier molecular flexibility index (Phi) is 2.29. The van der Waals surface area contributed by atoms with Gasteiger partial charge in [0.25, 0.3) is 5.84 Å². The van der Waals surface area contributed by atoms with E-state index >= 15 is 0 Å². The van der Waals surface area contributed by atoms with Gasteiger partial charge in [0, 0.05) is 12.8 Å². The van der Waals surface area contributed by atoms with Gasteiger partial charge in [0.1, 0.15) is 0 Å². The van der Waals surface area contributed by atoms with Gasteiger partial charge in [-0.3, -0.25) is 0 Å². The van der Waals surface area contributed by atoms with Crippen molar-refractivity contribution >= 4 is 5.84 Å². The van der Waals surface area contributed by atoms with Crippen molar-refractivity contribution in [3.05, 3.63) is 5.53 Å². The molecule has 0 radical (unpaired) electrons. The van der Waals surface area contributed by atoms with Crippen LogP contribution in [0, 0.1) is 0 Å². The molecular weight excluding hydrogens is 190 g/mol. The summed E-state index contributed by atoms with van der Waals surface area (Å²) in [7, 11) is 0. The number of rotatable bonds is 0. The van der Waals surface area contributed by atoms with Gasteiger partial charge in [0.2, 0.25) is 0 Å². The third-order valence-electron chi connectivity index (χ3n) is 3.60. The van der Waals surface area contributed by atoms with Crippen LogP contribution in [0.5, 0.6) is 0 Å². The highest BCUT2D eigenvalue weighted by molar-refractivity contribution is 5.78. The van der Waals surface area contributed by atoms with Crippen LogP contribution in [0.3, 0.4) is 0 Å². The Labute approximate surface area is 90.4 Å². The zero-order valence-corrected chi connectivity index (χ0v) is 9.10. The average Bonchev–Trinajstić information content (AvgIpc) is 2.30. The number of fused-ring (bicyclic) bond motifs is 1. The van der Waals surface area contributed by atoms with Gasteiger partial charge in [-0.05, 0) is 32.2 Å². The highest BCUT2D eigenvalue weighted by Gasteiger charge is 2.35. The van der Waals surface area contributed by atoms with Crippen LogP contribution in [0.25, 0.3) is 5.53 Å². The summed E-state index contributed by atoms with van der Waals surface area (Å²) in [5, 5.41) is 4.13. The Bertz CT molecular complexity index is 288. The Morgan fingerprint density at radius 2 is 2.20 bits per heavy atom. The maximum Gasteiger partial charge on any atom is 0.258 e. The summed E-state index contributed by atoms with van der Waals surface area (Å²) >= 11 is 0. The van der Waals surface area contributed by atoms with Gasteiger partial charge in [0.15, 0.2) is 6.17 Å². The number of hydrogen-bond donors (Lipinski definition) is 1. The zero-order chi connectivity index (χ0) is 10.3. The molecule has 1 fully saturated rings. The fourth-order valence-corrected chi connectivity index (χ4v) is 2.76. The Hall–Kier alpha value is -0.810. The molecule has 15 heavy (non-hydrogen) atoms. The lowest BCUT2D eigenvalue weighted by molar-refractivity contribution is -0.521. The van der Waals surface area contributed by atoms with Crippen LogP contribution in [-0.2, 0) is 0 Å². The standard InChI is InChI=1S/C10H19N5/c11-15-9-5-1-3-7-13(9)12-14-8-4-2-6-10(14)15/h9H,1-8,11H2. The Morgan fingerprint density at radius 3 is 3.13 bits per heavy atom. The number of amidine groups is 1. The molecular formula is C10H19N5. The van der Waals surface area contributed by atoms with Gasteiger partial charge in [-0.1, -0.05) is 0 Å². The SMILES string of the molecule is NN1C2=[N+](CCCC2)[N-]N2CCCCC21. The van der Waals surface area contributed by atoms with Crippen LogP contribution >= 0.6 is 0 Å². The molecule has 0 aromatic carbocycles. The fourth-order valence-electron chi connectivity index (χ4n) is 2.76. The summed E-state index contributed by atoms with van der Waals surface area (Å²) < 4.78 is 2.10. The summed E-state index contributed by atoms with van der Waals surface area (Å²) in [6.07, 6.45) is 7.57.